The lowest BCUT2D eigenvalue weighted by Gasteiger charge is -2.20. The Balaban J connectivity index is 3.79. The van der Waals surface area contributed by atoms with Gasteiger partial charge in [-0.2, -0.15) is 0 Å². The quantitative estimate of drug-likeness (QED) is 0.559. The number of rotatable bonds is 3. The average molecular weight is 126 g/mol. The zero-order valence-electron chi connectivity index (χ0n) is 6.65. The molecule has 1 heteroatoms. The maximum absolute atomic E-state index is 3.89. The van der Waals surface area contributed by atoms with Gasteiger partial charge >= 0.3 is 0 Å². The third-order valence-electron chi connectivity index (χ3n) is 1.50. The first-order valence-corrected chi connectivity index (χ1v) is 3.49. The van der Waals surface area contributed by atoms with Crippen LogP contribution in [0.4, 0.5) is 0 Å². The van der Waals surface area contributed by atoms with Crippen molar-refractivity contribution < 1.29 is 0 Å². The van der Waals surface area contributed by atoms with Crippen LogP contribution in [-0.2, 0) is 0 Å². The lowest BCUT2D eigenvalue weighted by Crippen LogP contribution is -2.20. The van der Waals surface area contributed by atoms with Gasteiger partial charge in [0.1, 0.15) is 0 Å². The van der Waals surface area contributed by atoms with Crippen LogP contribution in [0.3, 0.4) is 0 Å². The number of hydrogen-bond acceptors (Lipinski definition) is 1. The van der Waals surface area contributed by atoms with Gasteiger partial charge in [-0.3, -0.25) is 0 Å². The van der Waals surface area contributed by atoms with Crippen LogP contribution in [-0.4, -0.2) is 18.0 Å². The van der Waals surface area contributed by atoms with Crippen LogP contribution in [0.15, 0.2) is 11.8 Å². The monoisotopic (exact) mass is 126 g/mol. The summed E-state index contributed by atoms with van der Waals surface area (Å²) in [5, 5.41) is 0. The van der Waals surface area contributed by atoms with Crippen molar-refractivity contribution in [3.8, 4) is 0 Å². The molecular weight excluding hydrogens is 110 g/mol. The van der Waals surface area contributed by atoms with Crippen LogP contribution in [0, 0.1) is 6.92 Å². The Morgan fingerprint density at radius 3 is 2.00 bits per heavy atom. The summed E-state index contributed by atoms with van der Waals surface area (Å²) in [7, 11) is 0. The molecule has 0 spiro atoms. The van der Waals surface area contributed by atoms with Gasteiger partial charge in [0.15, 0.2) is 0 Å². The second-order valence-corrected chi connectivity index (χ2v) is 1.95. The Kier molecular flexibility index (Phi) is 4.20. The van der Waals surface area contributed by atoms with Crippen molar-refractivity contribution in [3.05, 3.63) is 18.7 Å². The fourth-order valence-electron chi connectivity index (χ4n) is 0.812. The molecule has 0 bridgehead atoms. The number of allylic oxidation sites excluding steroid dienone is 2. The van der Waals surface area contributed by atoms with Gasteiger partial charge in [-0.1, -0.05) is 6.08 Å². The predicted molar refractivity (Wildman–Crippen MR) is 42.0 cm³/mol. The highest BCUT2D eigenvalue weighted by atomic mass is 15.1. The van der Waals surface area contributed by atoms with E-state index in [1.807, 2.05) is 13.0 Å². The zero-order chi connectivity index (χ0) is 7.28. The minimum absolute atomic E-state index is 1.06. The molecule has 0 heterocycles. The van der Waals surface area contributed by atoms with Crippen molar-refractivity contribution in [3.63, 3.8) is 0 Å². The van der Waals surface area contributed by atoms with Crippen molar-refractivity contribution in [1.82, 2.24) is 4.90 Å². The van der Waals surface area contributed by atoms with E-state index in [9.17, 15) is 0 Å². The molecule has 0 unspecified atom stereocenters. The second-order valence-electron chi connectivity index (χ2n) is 1.95. The van der Waals surface area contributed by atoms with E-state index in [-0.39, 0.29) is 0 Å². The molecule has 1 nitrogen and oxygen atoms in total. The molecule has 0 saturated heterocycles. The fraction of sp³-hybridized carbons (Fsp3) is 0.625. The fourth-order valence-corrected chi connectivity index (χ4v) is 0.812. The molecule has 0 atom stereocenters. The van der Waals surface area contributed by atoms with Gasteiger partial charge in [0.05, 0.1) is 0 Å². The van der Waals surface area contributed by atoms with Gasteiger partial charge in [-0.05, 0) is 27.7 Å². The van der Waals surface area contributed by atoms with E-state index < -0.39 is 0 Å². The van der Waals surface area contributed by atoms with E-state index in [1.165, 1.54) is 0 Å². The third kappa shape index (κ3) is 2.54. The van der Waals surface area contributed by atoms with E-state index in [4.69, 9.17) is 0 Å². The molecule has 0 aliphatic rings. The van der Waals surface area contributed by atoms with Gasteiger partial charge in [0.25, 0.3) is 0 Å². The third-order valence-corrected chi connectivity index (χ3v) is 1.50. The normalized spacial score (nSPS) is 11.8. The molecule has 0 amide bonds. The SMILES string of the molecule is [CH2]C(=CC)N(CC)CC. The lowest BCUT2D eigenvalue weighted by atomic mass is 10.4. The Hall–Kier alpha value is -0.460. The summed E-state index contributed by atoms with van der Waals surface area (Å²) in [6.07, 6.45) is 2.03. The molecule has 0 aromatic carbocycles. The summed E-state index contributed by atoms with van der Waals surface area (Å²) in [6.45, 7) is 12.3. The molecule has 0 fully saturated rings. The molecule has 53 valence electrons. The Bertz CT molecular complexity index is 90.7. The standard InChI is InChI=1S/C8H16N/c1-5-8(4)9(6-2)7-3/h5H,4,6-7H2,1-3H3. The molecule has 0 N–H and O–H groups in total. The Morgan fingerprint density at radius 2 is 1.89 bits per heavy atom. The molecule has 0 rings (SSSR count). The summed E-state index contributed by atoms with van der Waals surface area (Å²) in [5.74, 6) is 0. The van der Waals surface area contributed by atoms with Gasteiger partial charge in [-0.15, -0.1) is 0 Å². The maximum Gasteiger partial charge on any atom is 0.0146 e. The molecule has 9 heavy (non-hydrogen) atoms. The summed E-state index contributed by atoms with van der Waals surface area (Å²) in [5.41, 5.74) is 1.12. The van der Waals surface area contributed by atoms with Crippen LogP contribution in [0.25, 0.3) is 0 Å². The van der Waals surface area contributed by atoms with Gasteiger partial charge < -0.3 is 4.90 Å². The predicted octanol–water partition coefficient (Wildman–Crippen LogP) is 2.07. The Morgan fingerprint density at radius 1 is 1.44 bits per heavy atom. The van der Waals surface area contributed by atoms with E-state index in [2.05, 4.69) is 25.7 Å². The highest BCUT2D eigenvalue weighted by Gasteiger charge is 1.95. The second kappa shape index (κ2) is 4.42. The Labute approximate surface area is 58.4 Å². The van der Waals surface area contributed by atoms with Crippen LogP contribution in [0.1, 0.15) is 20.8 Å². The van der Waals surface area contributed by atoms with E-state index in [1.54, 1.807) is 0 Å². The first kappa shape index (κ1) is 8.54. The number of nitrogens with zero attached hydrogens (tertiary/aromatic N) is 1. The summed E-state index contributed by atoms with van der Waals surface area (Å²) >= 11 is 0. The van der Waals surface area contributed by atoms with Crippen LogP contribution < -0.4 is 0 Å². The first-order valence-electron chi connectivity index (χ1n) is 3.49. The van der Waals surface area contributed by atoms with Crippen molar-refractivity contribution in [2.75, 3.05) is 13.1 Å². The van der Waals surface area contributed by atoms with Crippen molar-refractivity contribution in [2.45, 2.75) is 20.8 Å². The smallest absolute Gasteiger partial charge is 0.0146 e. The minimum atomic E-state index is 1.06. The molecular formula is C8H16N. The molecule has 0 aromatic rings. The van der Waals surface area contributed by atoms with Crippen molar-refractivity contribution in [1.29, 1.82) is 0 Å². The summed E-state index contributed by atoms with van der Waals surface area (Å²) in [6, 6.07) is 0. The first-order chi connectivity index (χ1) is 4.26. The largest absolute Gasteiger partial charge is 0.376 e. The van der Waals surface area contributed by atoms with Crippen LogP contribution in [0.2, 0.25) is 0 Å². The molecule has 0 saturated carbocycles. The van der Waals surface area contributed by atoms with Crippen LogP contribution >= 0.6 is 0 Å². The van der Waals surface area contributed by atoms with Gasteiger partial charge in [0, 0.05) is 18.8 Å². The lowest BCUT2D eigenvalue weighted by molar-refractivity contribution is 0.393. The minimum Gasteiger partial charge on any atom is -0.376 e. The maximum atomic E-state index is 3.89. The van der Waals surface area contributed by atoms with Crippen molar-refractivity contribution >= 4 is 0 Å². The van der Waals surface area contributed by atoms with Gasteiger partial charge in [0.2, 0.25) is 0 Å². The summed E-state index contributed by atoms with van der Waals surface area (Å²) in [4.78, 5) is 2.22. The van der Waals surface area contributed by atoms with Crippen LogP contribution in [0.5, 0.6) is 0 Å². The highest BCUT2D eigenvalue weighted by Crippen LogP contribution is 1.99. The highest BCUT2D eigenvalue weighted by molar-refractivity contribution is 5.01. The molecule has 1 radical (unpaired) electrons. The van der Waals surface area contributed by atoms with E-state index in [0.717, 1.165) is 18.8 Å². The van der Waals surface area contributed by atoms with E-state index in [0.29, 0.717) is 0 Å². The van der Waals surface area contributed by atoms with E-state index >= 15 is 0 Å². The average Bonchev–Trinajstić information content (AvgIpc) is 1.90. The zero-order valence-corrected chi connectivity index (χ0v) is 6.65. The number of hydrogen-bond donors (Lipinski definition) is 0. The van der Waals surface area contributed by atoms with Crippen molar-refractivity contribution in [2.24, 2.45) is 0 Å². The molecule has 0 aromatic heterocycles. The summed E-state index contributed by atoms with van der Waals surface area (Å²) < 4.78 is 0. The molecule has 0 aliphatic heterocycles. The topological polar surface area (TPSA) is 3.24 Å². The van der Waals surface area contributed by atoms with Gasteiger partial charge in [-0.25, -0.2) is 0 Å². The molecule has 0 aliphatic carbocycles.